The van der Waals surface area contributed by atoms with Gasteiger partial charge in [0.1, 0.15) is 0 Å². The first-order valence-electron chi connectivity index (χ1n) is 5.86. The van der Waals surface area contributed by atoms with E-state index in [-0.39, 0.29) is 6.04 Å². The zero-order chi connectivity index (χ0) is 10.8. The molecule has 1 atom stereocenters. The first-order chi connectivity index (χ1) is 7.16. The molecule has 1 amide bonds. The Balaban J connectivity index is 1.75. The summed E-state index contributed by atoms with van der Waals surface area (Å²) in [6.45, 7) is 2.76. The molecule has 4 nitrogen and oxygen atoms in total. The number of nitrogens with zero attached hydrogens (tertiary/aromatic N) is 2. The minimum atomic E-state index is 0.111. The van der Waals surface area contributed by atoms with Gasteiger partial charge in [-0.05, 0) is 33.4 Å². The molecule has 0 aromatic rings. The van der Waals surface area contributed by atoms with Gasteiger partial charge in [-0.15, -0.1) is 0 Å². The van der Waals surface area contributed by atoms with Gasteiger partial charge < -0.3 is 15.1 Å². The Morgan fingerprint density at radius 2 is 2.13 bits per heavy atom. The maximum Gasteiger partial charge on any atom is 0.239 e. The van der Waals surface area contributed by atoms with Crippen LogP contribution < -0.4 is 5.32 Å². The largest absolute Gasteiger partial charge is 0.340 e. The molecule has 1 aliphatic heterocycles. The Labute approximate surface area is 91.6 Å². The highest BCUT2D eigenvalue weighted by Crippen LogP contribution is 2.22. The molecule has 1 heterocycles. The molecule has 1 saturated heterocycles. The Bertz CT molecular complexity index is 238. The lowest BCUT2D eigenvalue weighted by atomic mass is 10.2. The molecule has 86 valence electrons. The van der Waals surface area contributed by atoms with Crippen molar-refractivity contribution in [1.82, 2.24) is 15.1 Å². The Hall–Kier alpha value is -0.610. The van der Waals surface area contributed by atoms with Gasteiger partial charge in [0.2, 0.25) is 5.91 Å². The van der Waals surface area contributed by atoms with Crippen LogP contribution in [-0.4, -0.2) is 61.5 Å². The summed E-state index contributed by atoms with van der Waals surface area (Å²) in [5.41, 5.74) is 0. The van der Waals surface area contributed by atoms with E-state index in [9.17, 15) is 4.79 Å². The van der Waals surface area contributed by atoms with Gasteiger partial charge in [-0.1, -0.05) is 0 Å². The maximum absolute atomic E-state index is 11.9. The van der Waals surface area contributed by atoms with Crippen LogP contribution in [0.1, 0.15) is 19.3 Å². The van der Waals surface area contributed by atoms with Crippen LogP contribution >= 0.6 is 0 Å². The van der Waals surface area contributed by atoms with E-state index in [0.29, 0.717) is 11.9 Å². The lowest BCUT2D eigenvalue weighted by molar-refractivity contribution is -0.129. The van der Waals surface area contributed by atoms with Gasteiger partial charge in [0.25, 0.3) is 0 Å². The molecule has 0 bridgehead atoms. The molecule has 0 aromatic carbocycles. The highest BCUT2D eigenvalue weighted by molar-refractivity contribution is 5.84. The van der Waals surface area contributed by atoms with Crippen molar-refractivity contribution in [3.05, 3.63) is 0 Å². The topological polar surface area (TPSA) is 35.6 Å². The molecule has 1 N–H and O–H groups in total. The molecule has 2 aliphatic rings. The summed E-state index contributed by atoms with van der Waals surface area (Å²) < 4.78 is 0. The van der Waals surface area contributed by atoms with Crippen LogP contribution in [0.4, 0.5) is 0 Å². The lowest BCUT2D eigenvalue weighted by Gasteiger charge is -2.19. The van der Waals surface area contributed by atoms with Crippen LogP contribution in [0.15, 0.2) is 0 Å². The summed E-state index contributed by atoms with van der Waals surface area (Å²) in [5, 5.41) is 3.42. The number of rotatable bonds is 5. The van der Waals surface area contributed by atoms with Gasteiger partial charge >= 0.3 is 0 Å². The van der Waals surface area contributed by atoms with Crippen LogP contribution in [0, 0.1) is 0 Å². The number of likely N-dealkylation sites (tertiary alicyclic amines) is 1. The number of carbonyl (C=O) groups is 1. The SMILES string of the molecule is CN(C)CCN1CCC(NC2CC2)C1=O. The van der Waals surface area contributed by atoms with E-state index in [2.05, 4.69) is 10.2 Å². The molecule has 0 aromatic heterocycles. The third-order valence-corrected chi connectivity index (χ3v) is 3.13. The lowest BCUT2D eigenvalue weighted by Crippen LogP contribution is -2.41. The summed E-state index contributed by atoms with van der Waals surface area (Å²) in [4.78, 5) is 16.0. The number of hydrogen-bond donors (Lipinski definition) is 1. The minimum absolute atomic E-state index is 0.111. The minimum Gasteiger partial charge on any atom is -0.340 e. The fourth-order valence-electron chi connectivity index (χ4n) is 1.97. The zero-order valence-electron chi connectivity index (χ0n) is 9.70. The van der Waals surface area contributed by atoms with E-state index >= 15 is 0 Å². The summed E-state index contributed by atoms with van der Waals surface area (Å²) in [7, 11) is 4.08. The second-order valence-corrected chi connectivity index (χ2v) is 4.91. The molecular formula is C11H21N3O. The van der Waals surface area contributed by atoms with E-state index in [0.717, 1.165) is 26.1 Å². The van der Waals surface area contributed by atoms with E-state index in [1.807, 2.05) is 19.0 Å². The average Bonchev–Trinajstić information content (AvgIpc) is 2.92. The standard InChI is InChI=1S/C11H21N3O/c1-13(2)7-8-14-6-5-10(11(14)15)12-9-3-4-9/h9-10,12H,3-8H2,1-2H3. The van der Waals surface area contributed by atoms with Crippen LogP contribution in [0.25, 0.3) is 0 Å². The Morgan fingerprint density at radius 3 is 2.73 bits per heavy atom. The molecule has 15 heavy (non-hydrogen) atoms. The van der Waals surface area contributed by atoms with Crippen molar-refractivity contribution < 1.29 is 4.79 Å². The molecule has 1 unspecified atom stereocenters. The Morgan fingerprint density at radius 1 is 1.40 bits per heavy atom. The van der Waals surface area contributed by atoms with Crippen LogP contribution in [-0.2, 0) is 4.79 Å². The van der Waals surface area contributed by atoms with Gasteiger partial charge in [-0.25, -0.2) is 0 Å². The molecule has 0 radical (unpaired) electrons. The third-order valence-electron chi connectivity index (χ3n) is 3.13. The molecule has 2 rings (SSSR count). The number of nitrogens with one attached hydrogen (secondary N) is 1. The van der Waals surface area contributed by atoms with Crippen LogP contribution in [0.3, 0.4) is 0 Å². The molecule has 2 fully saturated rings. The first-order valence-corrected chi connectivity index (χ1v) is 5.86. The number of likely N-dealkylation sites (N-methyl/N-ethyl adjacent to an activating group) is 1. The summed E-state index contributed by atoms with van der Waals surface area (Å²) in [5.74, 6) is 0.309. The summed E-state index contributed by atoms with van der Waals surface area (Å²) in [6.07, 6.45) is 3.49. The van der Waals surface area contributed by atoms with Crippen molar-refractivity contribution in [2.75, 3.05) is 33.7 Å². The van der Waals surface area contributed by atoms with E-state index in [4.69, 9.17) is 0 Å². The maximum atomic E-state index is 11.9. The monoisotopic (exact) mass is 211 g/mol. The molecular weight excluding hydrogens is 190 g/mol. The van der Waals surface area contributed by atoms with Crippen molar-refractivity contribution in [2.24, 2.45) is 0 Å². The highest BCUT2D eigenvalue weighted by atomic mass is 16.2. The van der Waals surface area contributed by atoms with Gasteiger partial charge in [-0.3, -0.25) is 4.79 Å². The first kappa shape index (κ1) is 10.9. The summed E-state index contributed by atoms with van der Waals surface area (Å²) in [6, 6.07) is 0.743. The molecule has 0 spiro atoms. The normalized spacial score (nSPS) is 26.7. The highest BCUT2D eigenvalue weighted by Gasteiger charge is 2.35. The predicted molar refractivity (Wildman–Crippen MR) is 59.7 cm³/mol. The fraction of sp³-hybridized carbons (Fsp3) is 0.909. The Kier molecular flexibility index (Phi) is 3.26. The number of carbonyl (C=O) groups excluding carboxylic acids is 1. The van der Waals surface area contributed by atoms with E-state index in [1.165, 1.54) is 12.8 Å². The second kappa shape index (κ2) is 4.49. The van der Waals surface area contributed by atoms with Crippen molar-refractivity contribution in [3.8, 4) is 0 Å². The van der Waals surface area contributed by atoms with Crippen LogP contribution in [0.2, 0.25) is 0 Å². The van der Waals surface area contributed by atoms with Crippen molar-refractivity contribution in [2.45, 2.75) is 31.3 Å². The fourth-order valence-corrected chi connectivity index (χ4v) is 1.97. The van der Waals surface area contributed by atoms with E-state index in [1.54, 1.807) is 0 Å². The molecule has 1 saturated carbocycles. The number of hydrogen-bond acceptors (Lipinski definition) is 3. The van der Waals surface area contributed by atoms with Crippen molar-refractivity contribution in [3.63, 3.8) is 0 Å². The predicted octanol–water partition coefficient (Wildman–Crippen LogP) is -0.0991. The van der Waals surface area contributed by atoms with Crippen molar-refractivity contribution >= 4 is 5.91 Å². The summed E-state index contributed by atoms with van der Waals surface area (Å²) >= 11 is 0. The molecule has 4 heteroatoms. The number of amides is 1. The van der Waals surface area contributed by atoms with Gasteiger partial charge in [0.15, 0.2) is 0 Å². The second-order valence-electron chi connectivity index (χ2n) is 4.91. The third kappa shape index (κ3) is 2.92. The van der Waals surface area contributed by atoms with Gasteiger partial charge in [-0.2, -0.15) is 0 Å². The van der Waals surface area contributed by atoms with Gasteiger partial charge in [0.05, 0.1) is 6.04 Å². The van der Waals surface area contributed by atoms with Crippen LogP contribution in [0.5, 0.6) is 0 Å². The van der Waals surface area contributed by atoms with Crippen molar-refractivity contribution in [1.29, 1.82) is 0 Å². The zero-order valence-corrected chi connectivity index (χ0v) is 9.70. The van der Waals surface area contributed by atoms with Gasteiger partial charge in [0, 0.05) is 25.7 Å². The van der Waals surface area contributed by atoms with E-state index < -0.39 is 0 Å². The average molecular weight is 211 g/mol. The quantitative estimate of drug-likeness (QED) is 0.690. The molecule has 1 aliphatic carbocycles. The smallest absolute Gasteiger partial charge is 0.239 e.